The molecule has 20 heavy (non-hydrogen) atoms. The van der Waals surface area contributed by atoms with Gasteiger partial charge in [-0.25, -0.2) is 4.99 Å². The van der Waals surface area contributed by atoms with Crippen LogP contribution in [-0.2, 0) is 12.0 Å². The normalized spacial score (nSPS) is 16.4. The van der Waals surface area contributed by atoms with E-state index in [-0.39, 0.29) is 29.4 Å². The molecule has 1 aliphatic rings. The Balaban J connectivity index is 0.00000200. The van der Waals surface area contributed by atoms with Gasteiger partial charge >= 0.3 is 0 Å². The lowest BCUT2D eigenvalue weighted by molar-refractivity contribution is 0.315. The fourth-order valence-electron chi connectivity index (χ4n) is 1.78. The number of guanidine groups is 1. The van der Waals surface area contributed by atoms with Crippen LogP contribution < -0.4 is 11.1 Å². The number of nitrogens with zero attached hydrogens (tertiary/aromatic N) is 3. The minimum absolute atomic E-state index is 0. The van der Waals surface area contributed by atoms with E-state index < -0.39 is 0 Å². The maximum absolute atomic E-state index is 5.79. The number of aliphatic imine (C=N–C) groups is 1. The van der Waals surface area contributed by atoms with Crippen molar-refractivity contribution in [3.8, 4) is 0 Å². The zero-order valence-corrected chi connectivity index (χ0v) is 14.7. The highest BCUT2D eigenvalue weighted by Gasteiger charge is 2.21. The Morgan fingerprint density at radius 1 is 1.45 bits per heavy atom. The highest BCUT2D eigenvalue weighted by Crippen LogP contribution is 2.25. The second kappa shape index (κ2) is 7.24. The second-order valence-electron chi connectivity index (χ2n) is 6.15. The van der Waals surface area contributed by atoms with E-state index in [1.807, 2.05) is 20.8 Å². The van der Waals surface area contributed by atoms with Crippen LogP contribution in [0.15, 0.2) is 9.52 Å². The molecule has 0 bridgehead atoms. The summed E-state index contributed by atoms with van der Waals surface area (Å²) in [6, 6.07) is 0. The van der Waals surface area contributed by atoms with Gasteiger partial charge in [0.2, 0.25) is 5.89 Å². The predicted molar refractivity (Wildman–Crippen MR) is 89.1 cm³/mol. The van der Waals surface area contributed by atoms with Gasteiger partial charge in [0.15, 0.2) is 11.8 Å². The molecule has 0 atom stereocenters. The minimum atomic E-state index is -0.136. The summed E-state index contributed by atoms with van der Waals surface area (Å²) in [5, 5.41) is 7.03. The van der Waals surface area contributed by atoms with E-state index in [9.17, 15) is 0 Å². The third-order valence-electron chi connectivity index (χ3n) is 3.30. The van der Waals surface area contributed by atoms with E-state index in [4.69, 9.17) is 10.3 Å². The molecule has 1 aromatic heterocycles. The fraction of sp³-hybridized carbons (Fsp3) is 0.769. The number of aromatic nitrogens is 2. The molecule has 0 unspecified atom stereocenters. The summed E-state index contributed by atoms with van der Waals surface area (Å²) in [6.45, 7) is 7.35. The number of rotatable bonds is 4. The van der Waals surface area contributed by atoms with E-state index in [0.29, 0.717) is 24.2 Å². The lowest BCUT2D eigenvalue weighted by Gasteiger charge is -2.25. The van der Waals surface area contributed by atoms with Crippen molar-refractivity contribution in [1.82, 2.24) is 15.5 Å². The molecule has 1 saturated carbocycles. The van der Waals surface area contributed by atoms with Gasteiger partial charge in [-0.15, -0.1) is 24.0 Å². The van der Waals surface area contributed by atoms with Crippen molar-refractivity contribution in [3.05, 3.63) is 11.7 Å². The minimum Gasteiger partial charge on any atom is -0.370 e. The molecule has 0 aliphatic heterocycles. The molecule has 0 amide bonds. The zero-order valence-electron chi connectivity index (χ0n) is 12.3. The number of hydrogen-bond acceptors (Lipinski definition) is 4. The maximum Gasteiger partial charge on any atom is 0.232 e. The average molecular weight is 393 g/mol. The monoisotopic (exact) mass is 393 g/mol. The third kappa shape index (κ3) is 4.92. The van der Waals surface area contributed by atoms with E-state index in [1.54, 1.807) is 0 Å². The van der Waals surface area contributed by atoms with Crippen molar-refractivity contribution in [2.24, 2.45) is 16.6 Å². The van der Waals surface area contributed by atoms with Gasteiger partial charge in [0.25, 0.3) is 0 Å². The van der Waals surface area contributed by atoms with Gasteiger partial charge in [0, 0.05) is 12.0 Å². The van der Waals surface area contributed by atoms with Crippen LogP contribution in [0.5, 0.6) is 0 Å². The van der Waals surface area contributed by atoms with Crippen molar-refractivity contribution in [1.29, 1.82) is 0 Å². The molecule has 1 heterocycles. The van der Waals surface area contributed by atoms with Gasteiger partial charge in [0.05, 0.1) is 0 Å². The summed E-state index contributed by atoms with van der Waals surface area (Å²) in [5.74, 6) is 2.40. The van der Waals surface area contributed by atoms with Crippen LogP contribution in [0.25, 0.3) is 0 Å². The lowest BCUT2D eigenvalue weighted by Crippen LogP contribution is -2.37. The van der Waals surface area contributed by atoms with Crippen LogP contribution in [0.3, 0.4) is 0 Å². The van der Waals surface area contributed by atoms with Gasteiger partial charge in [0.1, 0.15) is 6.54 Å². The first-order valence-corrected chi connectivity index (χ1v) is 6.82. The van der Waals surface area contributed by atoms with Crippen LogP contribution in [0, 0.1) is 5.92 Å². The smallest absolute Gasteiger partial charge is 0.232 e. The summed E-state index contributed by atoms with van der Waals surface area (Å²) in [7, 11) is 0. The second-order valence-corrected chi connectivity index (χ2v) is 6.15. The molecule has 1 aliphatic carbocycles. The van der Waals surface area contributed by atoms with E-state index in [1.165, 1.54) is 19.3 Å². The van der Waals surface area contributed by atoms with Crippen molar-refractivity contribution in [2.75, 3.05) is 6.54 Å². The van der Waals surface area contributed by atoms with Gasteiger partial charge in [-0.05, 0) is 18.8 Å². The summed E-state index contributed by atoms with van der Waals surface area (Å²) in [4.78, 5) is 8.53. The SMILES string of the molecule is CC(C)(C)c1nc(CN=C(N)NCC2CCC2)no1.I. The molecule has 0 saturated heterocycles. The summed E-state index contributed by atoms with van der Waals surface area (Å²) >= 11 is 0. The Bertz CT molecular complexity index is 448. The summed E-state index contributed by atoms with van der Waals surface area (Å²) in [5.41, 5.74) is 5.66. The first kappa shape index (κ1) is 17.2. The largest absolute Gasteiger partial charge is 0.370 e. The zero-order chi connectivity index (χ0) is 13.9. The van der Waals surface area contributed by atoms with Crippen LogP contribution in [0.4, 0.5) is 0 Å². The molecule has 1 aromatic rings. The molecular weight excluding hydrogens is 369 g/mol. The van der Waals surface area contributed by atoms with Crippen LogP contribution >= 0.6 is 24.0 Å². The van der Waals surface area contributed by atoms with Crippen LogP contribution in [0.2, 0.25) is 0 Å². The number of hydrogen-bond donors (Lipinski definition) is 2. The number of nitrogens with one attached hydrogen (secondary N) is 1. The molecule has 3 N–H and O–H groups in total. The van der Waals surface area contributed by atoms with Gasteiger partial charge in [-0.3, -0.25) is 0 Å². The molecule has 7 heteroatoms. The van der Waals surface area contributed by atoms with E-state index in [0.717, 1.165) is 12.5 Å². The third-order valence-corrected chi connectivity index (χ3v) is 3.30. The standard InChI is InChI=1S/C13H23N5O.HI/c1-13(2,3)11-17-10(18-19-11)8-16-12(14)15-7-9-5-4-6-9;/h9H,4-8H2,1-3H3,(H3,14,15,16);1H. The molecule has 0 aromatic carbocycles. The molecule has 0 radical (unpaired) electrons. The highest BCUT2D eigenvalue weighted by atomic mass is 127. The van der Waals surface area contributed by atoms with Gasteiger partial charge < -0.3 is 15.6 Å². The first-order chi connectivity index (χ1) is 8.95. The van der Waals surface area contributed by atoms with Gasteiger partial charge in [-0.1, -0.05) is 32.3 Å². The Hall–Kier alpha value is -0.860. The fourth-order valence-corrected chi connectivity index (χ4v) is 1.78. The Morgan fingerprint density at radius 2 is 2.15 bits per heavy atom. The average Bonchev–Trinajstić information content (AvgIpc) is 2.72. The number of halogens is 1. The Morgan fingerprint density at radius 3 is 2.65 bits per heavy atom. The molecule has 1 fully saturated rings. The summed E-state index contributed by atoms with van der Waals surface area (Å²) in [6.07, 6.45) is 3.92. The van der Waals surface area contributed by atoms with Crippen LogP contribution in [-0.4, -0.2) is 22.6 Å². The topological polar surface area (TPSA) is 89.3 Å². The maximum atomic E-state index is 5.79. The van der Waals surface area contributed by atoms with Crippen molar-refractivity contribution >= 4 is 29.9 Å². The van der Waals surface area contributed by atoms with Crippen LogP contribution in [0.1, 0.15) is 51.7 Å². The molecule has 114 valence electrons. The Kier molecular flexibility index (Phi) is 6.22. The quantitative estimate of drug-likeness (QED) is 0.465. The van der Waals surface area contributed by atoms with Gasteiger partial charge in [-0.2, -0.15) is 4.98 Å². The van der Waals surface area contributed by atoms with Crippen molar-refractivity contribution in [3.63, 3.8) is 0 Å². The van der Waals surface area contributed by atoms with Crippen molar-refractivity contribution in [2.45, 2.75) is 52.0 Å². The highest BCUT2D eigenvalue weighted by molar-refractivity contribution is 14.0. The molecule has 2 rings (SSSR count). The summed E-state index contributed by atoms with van der Waals surface area (Å²) < 4.78 is 5.19. The molecule has 0 spiro atoms. The number of nitrogens with two attached hydrogens (primary N) is 1. The molecular formula is C13H24IN5O. The lowest BCUT2D eigenvalue weighted by atomic mass is 9.85. The van der Waals surface area contributed by atoms with E-state index >= 15 is 0 Å². The molecule has 6 nitrogen and oxygen atoms in total. The van der Waals surface area contributed by atoms with E-state index in [2.05, 4.69) is 20.4 Å². The van der Waals surface area contributed by atoms with Crippen molar-refractivity contribution < 1.29 is 4.52 Å². The first-order valence-electron chi connectivity index (χ1n) is 6.82. The predicted octanol–water partition coefficient (Wildman–Crippen LogP) is 2.19. The Labute approximate surface area is 137 Å².